The van der Waals surface area contributed by atoms with E-state index in [0.29, 0.717) is 0 Å². The van der Waals surface area contributed by atoms with Crippen LogP contribution in [0.15, 0.2) is 42.5 Å². The monoisotopic (exact) mass is 242 g/mol. The molecule has 2 aromatic carbocycles. The van der Waals surface area contributed by atoms with Crippen molar-refractivity contribution in [2.24, 2.45) is 0 Å². The van der Waals surface area contributed by atoms with Crippen LogP contribution in [0.5, 0.6) is 11.5 Å². The quantitative estimate of drug-likeness (QED) is 0.876. The van der Waals surface area contributed by atoms with E-state index in [2.05, 4.69) is 19.9 Å². The van der Waals surface area contributed by atoms with E-state index in [1.165, 1.54) is 11.1 Å². The average molecular weight is 242 g/mol. The summed E-state index contributed by atoms with van der Waals surface area (Å²) >= 11 is 0. The zero-order chi connectivity index (χ0) is 13.1. The molecule has 0 spiro atoms. The number of benzene rings is 2. The predicted octanol–water partition coefficient (Wildman–Crippen LogP) is 4.15. The molecule has 0 bridgehead atoms. The van der Waals surface area contributed by atoms with Crippen molar-refractivity contribution in [3.63, 3.8) is 0 Å². The number of rotatable bonds is 3. The number of ether oxygens (including phenoxy) is 1. The van der Waals surface area contributed by atoms with E-state index < -0.39 is 6.10 Å². The van der Waals surface area contributed by atoms with Gasteiger partial charge < -0.3 is 9.84 Å². The second-order valence-electron chi connectivity index (χ2n) is 4.59. The lowest BCUT2D eigenvalue weighted by molar-refractivity contribution is 0.199. The molecular formula is C16H18O2. The van der Waals surface area contributed by atoms with Crippen molar-refractivity contribution in [3.8, 4) is 11.5 Å². The minimum absolute atomic E-state index is 0.444. The van der Waals surface area contributed by atoms with Gasteiger partial charge in [-0.2, -0.15) is 0 Å². The van der Waals surface area contributed by atoms with E-state index in [1.54, 1.807) is 6.92 Å². The van der Waals surface area contributed by atoms with Gasteiger partial charge in [0.05, 0.1) is 6.10 Å². The number of hydrogen-bond donors (Lipinski definition) is 1. The fourth-order valence-corrected chi connectivity index (χ4v) is 1.73. The first-order valence-electron chi connectivity index (χ1n) is 6.09. The third-order valence-corrected chi connectivity index (χ3v) is 3.08. The zero-order valence-corrected chi connectivity index (χ0v) is 11.0. The molecule has 1 N–H and O–H groups in total. The molecule has 2 nitrogen and oxygen atoms in total. The molecule has 0 saturated carbocycles. The normalized spacial score (nSPS) is 12.2. The lowest BCUT2D eigenvalue weighted by Crippen LogP contribution is -1.91. The highest BCUT2D eigenvalue weighted by atomic mass is 16.5. The van der Waals surface area contributed by atoms with E-state index >= 15 is 0 Å². The Morgan fingerprint density at radius 3 is 2.06 bits per heavy atom. The second kappa shape index (κ2) is 5.23. The van der Waals surface area contributed by atoms with Crippen LogP contribution >= 0.6 is 0 Å². The first-order valence-corrected chi connectivity index (χ1v) is 6.09. The van der Waals surface area contributed by atoms with E-state index in [4.69, 9.17) is 4.74 Å². The molecule has 0 aliphatic heterocycles. The molecule has 2 heteroatoms. The molecule has 1 atom stereocenters. The van der Waals surface area contributed by atoms with Gasteiger partial charge in [-0.05, 0) is 61.7 Å². The second-order valence-corrected chi connectivity index (χ2v) is 4.59. The fraction of sp³-hybridized carbons (Fsp3) is 0.250. The highest BCUT2D eigenvalue weighted by Crippen LogP contribution is 2.25. The van der Waals surface area contributed by atoms with Gasteiger partial charge in [-0.3, -0.25) is 0 Å². The summed E-state index contributed by atoms with van der Waals surface area (Å²) in [4.78, 5) is 0. The van der Waals surface area contributed by atoms with Gasteiger partial charge >= 0.3 is 0 Å². The highest BCUT2D eigenvalue weighted by molar-refractivity contribution is 5.38. The Labute approximate surface area is 108 Å². The van der Waals surface area contributed by atoms with Crippen molar-refractivity contribution in [1.29, 1.82) is 0 Å². The summed E-state index contributed by atoms with van der Waals surface area (Å²) in [5.74, 6) is 1.62. The maximum absolute atomic E-state index is 9.43. The van der Waals surface area contributed by atoms with Crippen molar-refractivity contribution in [2.75, 3.05) is 0 Å². The minimum atomic E-state index is -0.444. The summed E-state index contributed by atoms with van der Waals surface area (Å²) < 4.78 is 5.77. The van der Waals surface area contributed by atoms with Gasteiger partial charge in [0.25, 0.3) is 0 Å². The molecule has 2 aromatic rings. The van der Waals surface area contributed by atoms with Gasteiger partial charge in [0.1, 0.15) is 11.5 Å². The van der Waals surface area contributed by atoms with Crippen LogP contribution in [0.2, 0.25) is 0 Å². The smallest absolute Gasteiger partial charge is 0.127 e. The molecule has 0 amide bonds. The molecule has 94 valence electrons. The molecule has 0 radical (unpaired) electrons. The van der Waals surface area contributed by atoms with Crippen LogP contribution in [0.25, 0.3) is 0 Å². The van der Waals surface area contributed by atoms with Crippen molar-refractivity contribution in [1.82, 2.24) is 0 Å². The summed E-state index contributed by atoms with van der Waals surface area (Å²) in [6.07, 6.45) is -0.444. The molecule has 0 unspecified atom stereocenters. The zero-order valence-electron chi connectivity index (χ0n) is 11.0. The van der Waals surface area contributed by atoms with Gasteiger partial charge in [-0.1, -0.05) is 18.2 Å². The van der Waals surface area contributed by atoms with Crippen molar-refractivity contribution < 1.29 is 9.84 Å². The Balaban J connectivity index is 2.15. The molecule has 2 rings (SSSR count). The molecule has 0 aliphatic carbocycles. The van der Waals surface area contributed by atoms with Gasteiger partial charge in [0.15, 0.2) is 0 Å². The molecule has 0 aromatic heterocycles. The molecule has 0 heterocycles. The van der Waals surface area contributed by atoms with Crippen LogP contribution < -0.4 is 4.74 Å². The molecular weight excluding hydrogens is 224 g/mol. The summed E-state index contributed by atoms with van der Waals surface area (Å²) in [6.45, 7) is 5.90. The van der Waals surface area contributed by atoms with Gasteiger partial charge in [0.2, 0.25) is 0 Å². The van der Waals surface area contributed by atoms with Crippen LogP contribution in [0, 0.1) is 13.8 Å². The van der Waals surface area contributed by atoms with Crippen molar-refractivity contribution >= 4 is 0 Å². The maximum atomic E-state index is 9.43. The van der Waals surface area contributed by atoms with E-state index in [1.807, 2.05) is 36.4 Å². The topological polar surface area (TPSA) is 29.5 Å². The number of hydrogen-bond acceptors (Lipinski definition) is 2. The average Bonchev–Trinajstić information content (AvgIpc) is 2.34. The van der Waals surface area contributed by atoms with Crippen molar-refractivity contribution in [3.05, 3.63) is 59.2 Å². The van der Waals surface area contributed by atoms with Crippen LogP contribution in [0.1, 0.15) is 29.7 Å². The van der Waals surface area contributed by atoms with E-state index in [0.717, 1.165) is 17.1 Å². The molecule has 0 saturated heterocycles. The summed E-state index contributed by atoms with van der Waals surface area (Å²) in [7, 11) is 0. The van der Waals surface area contributed by atoms with Crippen molar-refractivity contribution in [2.45, 2.75) is 26.9 Å². The predicted molar refractivity (Wildman–Crippen MR) is 73.1 cm³/mol. The van der Waals surface area contributed by atoms with Gasteiger partial charge in [-0.25, -0.2) is 0 Å². The third kappa shape index (κ3) is 2.90. The largest absolute Gasteiger partial charge is 0.457 e. The van der Waals surface area contributed by atoms with Gasteiger partial charge in [-0.15, -0.1) is 0 Å². The lowest BCUT2D eigenvalue weighted by Gasteiger charge is -2.09. The Morgan fingerprint density at radius 2 is 1.50 bits per heavy atom. The first-order chi connectivity index (χ1) is 8.56. The molecule has 18 heavy (non-hydrogen) atoms. The number of aliphatic hydroxyl groups excluding tert-OH is 1. The number of aryl methyl sites for hydroxylation is 2. The minimum Gasteiger partial charge on any atom is -0.457 e. The summed E-state index contributed by atoms with van der Waals surface area (Å²) in [5.41, 5.74) is 3.36. The highest BCUT2D eigenvalue weighted by Gasteiger charge is 2.02. The molecule has 0 aliphatic rings. The summed E-state index contributed by atoms with van der Waals surface area (Å²) in [6, 6.07) is 13.5. The van der Waals surface area contributed by atoms with Crippen LogP contribution in [-0.4, -0.2) is 5.11 Å². The number of aliphatic hydroxyl groups is 1. The van der Waals surface area contributed by atoms with Crippen LogP contribution in [0.3, 0.4) is 0 Å². The fourth-order valence-electron chi connectivity index (χ4n) is 1.73. The van der Waals surface area contributed by atoms with Crippen LogP contribution in [0.4, 0.5) is 0 Å². The van der Waals surface area contributed by atoms with Crippen LogP contribution in [-0.2, 0) is 0 Å². The SMILES string of the molecule is Cc1ccc(Oc2ccc([C@@H](C)O)cc2)cc1C. The van der Waals surface area contributed by atoms with E-state index in [9.17, 15) is 5.11 Å². The first kappa shape index (κ1) is 12.7. The lowest BCUT2D eigenvalue weighted by atomic mass is 10.1. The molecule has 0 fully saturated rings. The van der Waals surface area contributed by atoms with E-state index in [-0.39, 0.29) is 0 Å². The Bertz CT molecular complexity index is 527. The Hall–Kier alpha value is -1.80. The maximum Gasteiger partial charge on any atom is 0.127 e. The standard InChI is InChI=1S/C16H18O2/c1-11-4-7-16(10-12(11)2)18-15-8-5-14(6-9-15)13(3)17/h4-10,13,17H,1-3H3/t13-/m1/s1. The third-order valence-electron chi connectivity index (χ3n) is 3.08. The summed E-state index contributed by atoms with van der Waals surface area (Å²) in [5, 5.41) is 9.43. The van der Waals surface area contributed by atoms with Gasteiger partial charge in [0, 0.05) is 0 Å². The Kier molecular flexibility index (Phi) is 3.68. The Morgan fingerprint density at radius 1 is 0.889 bits per heavy atom.